The summed E-state index contributed by atoms with van der Waals surface area (Å²) in [5.41, 5.74) is 8.03. The number of nitrogens with two attached hydrogens (primary N) is 1. The van der Waals surface area contributed by atoms with Crippen molar-refractivity contribution < 1.29 is 0 Å². The van der Waals surface area contributed by atoms with E-state index in [1.54, 1.807) is 0 Å². The standard InChI is InChI=1S/C17H21BrN2/c1-3-13-5-7-14(8-6-13)11-17(20-19)15-10-12(2)4-9-16(15)18/h4-10,17,20H,3,11,19H2,1-2H3. The lowest BCUT2D eigenvalue weighted by molar-refractivity contribution is 0.549. The minimum Gasteiger partial charge on any atom is -0.271 e. The highest BCUT2D eigenvalue weighted by Gasteiger charge is 2.14. The minimum atomic E-state index is 0.108. The van der Waals surface area contributed by atoms with Crippen molar-refractivity contribution in [2.24, 2.45) is 5.84 Å². The first-order valence-electron chi connectivity index (χ1n) is 6.94. The fourth-order valence-corrected chi connectivity index (χ4v) is 2.86. The topological polar surface area (TPSA) is 38.0 Å². The Balaban J connectivity index is 2.21. The van der Waals surface area contributed by atoms with Gasteiger partial charge in [0.2, 0.25) is 0 Å². The zero-order chi connectivity index (χ0) is 14.5. The van der Waals surface area contributed by atoms with Crippen LogP contribution in [0.1, 0.15) is 35.2 Å². The zero-order valence-corrected chi connectivity index (χ0v) is 13.6. The molecule has 3 N–H and O–H groups in total. The van der Waals surface area contributed by atoms with Crippen LogP contribution in [-0.4, -0.2) is 0 Å². The van der Waals surface area contributed by atoms with Crippen LogP contribution in [0.25, 0.3) is 0 Å². The summed E-state index contributed by atoms with van der Waals surface area (Å²) >= 11 is 3.61. The highest BCUT2D eigenvalue weighted by Crippen LogP contribution is 2.27. The van der Waals surface area contributed by atoms with E-state index in [9.17, 15) is 0 Å². The van der Waals surface area contributed by atoms with Crippen molar-refractivity contribution in [1.82, 2.24) is 5.43 Å². The van der Waals surface area contributed by atoms with Crippen molar-refractivity contribution in [3.8, 4) is 0 Å². The third-order valence-corrected chi connectivity index (χ3v) is 4.32. The van der Waals surface area contributed by atoms with Gasteiger partial charge in [-0.15, -0.1) is 0 Å². The Morgan fingerprint density at radius 1 is 1.10 bits per heavy atom. The lowest BCUT2D eigenvalue weighted by atomic mass is 9.97. The SMILES string of the molecule is CCc1ccc(CC(NN)c2cc(C)ccc2Br)cc1. The number of aryl methyl sites for hydroxylation is 2. The van der Waals surface area contributed by atoms with Gasteiger partial charge in [-0.2, -0.15) is 0 Å². The van der Waals surface area contributed by atoms with E-state index in [0.29, 0.717) is 0 Å². The van der Waals surface area contributed by atoms with Crippen LogP contribution in [0.15, 0.2) is 46.9 Å². The fourth-order valence-electron chi connectivity index (χ4n) is 2.34. The van der Waals surface area contributed by atoms with Crippen molar-refractivity contribution in [1.29, 1.82) is 0 Å². The highest BCUT2D eigenvalue weighted by atomic mass is 79.9. The van der Waals surface area contributed by atoms with Gasteiger partial charge in [-0.3, -0.25) is 11.3 Å². The van der Waals surface area contributed by atoms with Gasteiger partial charge in [-0.25, -0.2) is 0 Å². The quantitative estimate of drug-likeness (QED) is 0.639. The number of rotatable bonds is 5. The molecule has 1 atom stereocenters. The molecular weight excluding hydrogens is 312 g/mol. The van der Waals surface area contributed by atoms with E-state index >= 15 is 0 Å². The molecule has 0 saturated heterocycles. The van der Waals surface area contributed by atoms with Gasteiger partial charge < -0.3 is 0 Å². The summed E-state index contributed by atoms with van der Waals surface area (Å²) in [6.45, 7) is 4.27. The third kappa shape index (κ3) is 3.69. The molecule has 2 rings (SSSR count). The lowest BCUT2D eigenvalue weighted by Crippen LogP contribution is -2.29. The van der Waals surface area contributed by atoms with Gasteiger partial charge in [0.15, 0.2) is 0 Å². The summed E-state index contributed by atoms with van der Waals surface area (Å²) in [6, 6.07) is 15.2. The van der Waals surface area contributed by atoms with E-state index in [2.05, 4.69) is 77.7 Å². The van der Waals surface area contributed by atoms with Crippen molar-refractivity contribution >= 4 is 15.9 Å². The molecule has 0 aliphatic carbocycles. The number of hydrogen-bond donors (Lipinski definition) is 2. The number of nitrogens with one attached hydrogen (secondary N) is 1. The van der Waals surface area contributed by atoms with E-state index < -0.39 is 0 Å². The number of benzene rings is 2. The molecule has 0 aliphatic rings. The van der Waals surface area contributed by atoms with Gasteiger partial charge in [-0.1, -0.05) is 64.8 Å². The van der Waals surface area contributed by atoms with E-state index in [4.69, 9.17) is 5.84 Å². The second-order valence-electron chi connectivity index (χ2n) is 5.12. The molecule has 0 saturated carbocycles. The summed E-state index contributed by atoms with van der Waals surface area (Å²) in [4.78, 5) is 0. The average Bonchev–Trinajstić information content (AvgIpc) is 2.48. The number of hydrazine groups is 1. The molecule has 0 radical (unpaired) electrons. The molecule has 2 nitrogen and oxygen atoms in total. The molecule has 0 aromatic heterocycles. The predicted molar refractivity (Wildman–Crippen MR) is 88.5 cm³/mol. The summed E-state index contributed by atoms with van der Waals surface area (Å²) in [5.74, 6) is 5.76. The fraction of sp³-hybridized carbons (Fsp3) is 0.294. The molecule has 0 heterocycles. The zero-order valence-electron chi connectivity index (χ0n) is 12.0. The van der Waals surface area contributed by atoms with Gasteiger partial charge >= 0.3 is 0 Å². The Bertz CT molecular complexity index is 564. The summed E-state index contributed by atoms with van der Waals surface area (Å²) in [5, 5.41) is 0. The summed E-state index contributed by atoms with van der Waals surface area (Å²) in [6.07, 6.45) is 1.95. The molecule has 0 fully saturated rings. The molecule has 106 valence electrons. The van der Waals surface area contributed by atoms with Crippen LogP contribution in [0.3, 0.4) is 0 Å². The Hall–Kier alpha value is -1.16. The molecule has 2 aromatic rings. The highest BCUT2D eigenvalue weighted by molar-refractivity contribution is 9.10. The Labute approximate surface area is 129 Å². The number of hydrogen-bond acceptors (Lipinski definition) is 2. The first-order chi connectivity index (χ1) is 9.63. The first kappa shape index (κ1) is 15.2. The first-order valence-corrected chi connectivity index (χ1v) is 7.73. The van der Waals surface area contributed by atoms with Crippen LogP contribution in [0.2, 0.25) is 0 Å². The van der Waals surface area contributed by atoms with Crippen LogP contribution in [-0.2, 0) is 12.8 Å². The van der Waals surface area contributed by atoms with Gasteiger partial charge in [0.25, 0.3) is 0 Å². The molecule has 1 unspecified atom stereocenters. The summed E-state index contributed by atoms with van der Waals surface area (Å²) < 4.78 is 1.09. The second kappa shape index (κ2) is 7.02. The van der Waals surface area contributed by atoms with Gasteiger partial charge in [-0.05, 0) is 42.5 Å². The maximum absolute atomic E-state index is 5.76. The predicted octanol–water partition coefficient (Wildman–Crippen LogP) is 4.07. The maximum Gasteiger partial charge on any atom is 0.0511 e. The van der Waals surface area contributed by atoms with Crippen molar-refractivity contribution in [3.05, 3.63) is 69.2 Å². The molecule has 0 bridgehead atoms. The largest absolute Gasteiger partial charge is 0.271 e. The Kier molecular flexibility index (Phi) is 5.35. The molecule has 3 heteroatoms. The molecular formula is C17H21BrN2. The van der Waals surface area contributed by atoms with Crippen LogP contribution in [0, 0.1) is 6.92 Å². The normalized spacial score (nSPS) is 12.4. The third-order valence-electron chi connectivity index (χ3n) is 3.60. The van der Waals surface area contributed by atoms with Crippen LogP contribution in [0.4, 0.5) is 0 Å². The average molecular weight is 333 g/mol. The van der Waals surface area contributed by atoms with Crippen molar-refractivity contribution in [3.63, 3.8) is 0 Å². The monoisotopic (exact) mass is 332 g/mol. The lowest BCUT2D eigenvalue weighted by Gasteiger charge is -2.19. The van der Waals surface area contributed by atoms with Gasteiger partial charge in [0.05, 0.1) is 6.04 Å². The molecule has 2 aromatic carbocycles. The van der Waals surface area contributed by atoms with E-state index in [-0.39, 0.29) is 6.04 Å². The van der Waals surface area contributed by atoms with E-state index in [1.165, 1.54) is 22.3 Å². The smallest absolute Gasteiger partial charge is 0.0511 e. The molecule has 0 amide bonds. The Morgan fingerprint density at radius 3 is 2.35 bits per heavy atom. The van der Waals surface area contributed by atoms with E-state index in [1.807, 2.05) is 0 Å². The number of halogens is 1. The molecule has 0 spiro atoms. The van der Waals surface area contributed by atoms with Crippen LogP contribution in [0.5, 0.6) is 0 Å². The second-order valence-corrected chi connectivity index (χ2v) is 5.97. The maximum atomic E-state index is 5.76. The summed E-state index contributed by atoms with van der Waals surface area (Å²) in [7, 11) is 0. The molecule has 0 aliphatic heterocycles. The van der Waals surface area contributed by atoms with Crippen molar-refractivity contribution in [2.75, 3.05) is 0 Å². The van der Waals surface area contributed by atoms with Crippen LogP contribution >= 0.6 is 15.9 Å². The van der Waals surface area contributed by atoms with Gasteiger partial charge in [0.1, 0.15) is 0 Å². The Morgan fingerprint density at radius 2 is 1.75 bits per heavy atom. The molecule has 20 heavy (non-hydrogen) atoms. The van der Waals surface area contributed by atoms with Gasteiger partial charge in [0, 0.05) is 4.47 Å². The minimum absolute atomic E-state index is 0.108. The van der Waals surface area contributed by atoms with E-state index in [0.717, 1.165) is 17.3 Å². The van der Waals surface area contributed by atoms with Crippen molar-refractivity contribution in [2.45, 2.75) is 32.7 Å². The van der Waals surface area contributed by atoms with Crippen LogP contribution < -0.4 is 11.3 Å².